The normalized spacial score (nSPS) is 10.2. The summed E-state index contributed by atoms with van der Waals surface area (Å²) < 4.78 is 48.7. The van der Waals surface area contributed by atoms with E-state index < -0.39 is 21.0 Å². The van der Waals surface area contributed by atoms with Crippen molar-refractivity contribution in [3.8, 4) is 0 Å². The summed E-state index contributed by atoms with van der Waals surface area (Å²) in [4.78, 5) is 0. The molecule has 10 heteroatoms. The monoisotopic (exact) mass is 230 g/mol. The summed E-state index contributed by atoms with van der Waals surface area (Å²) in [7, 11) is -7.85. The molecule has 10 heavy (non-hydrogen) atoms. The Kier molecular flexibility index (Phi) is 16.0. The van der Waals surface area contributed by atoms with Crippen molar-refractivity contribution in [3.05, 3.63) is 0 Å². The molecule has 0 radical (unpaired) electrons. The molecule has 0 atom stereocenters. The van der Waals surface area contributed by atoms with Crippen LogP contribution in [0.2, 0.25) is 0 Å². The van der Waals surface area contributed by atoms with Crippen LogP contribution < -0.4 is 23.3 Å². The quantitative estimate of drug-likeness (QED) is 0.434. The van der Waals surface area contributed by atoms with Gasteiger partial charge in [0.25, 0.3) is 0 Å². The van der Waals surface area contributed by atoms with E-state index in [4.69, 9.17) is 9.32 Å². The van der Waals surface area contributed by atoms with E-state index in [-0.39, 0.29) is 80.9 Å². The van der Waals surface area contributed by atoms with Gasteiger partial charge in [0, 0.05) is 0 Å². The van der Waals surface area contributed by atoms with Gasteiger partial charge in [-0.2, -0.15) is 14.0 Å². The zero-order valence-electron chi connectivity index (χ0n) is 3.21. The van der Waals surface area contributed by atoms with Gasteiger partial charge >= 0.3 is 95.6 Å². The first-order valence-corrected chi connectivity index (χ1v) is 3.24. The fourth-order valence-corrected chi connectivity index (χ4v) is 0.525. The fraction of sp³-hybridized carbons (Fsp3) is 0. The molecule has 0 spiro atoms. The maximum absolute atomic E-state index is 9.23. The maximum atomic E-state index is 9.23. The Morgan fingerprint density at radius 3 is 1.40 bits per heavy atom. The average Bonchev–Trinajstić information content (AvgIpc) is 1.21. The predicted molar refractivity (Wildman–Crippen MR) is 15.4 cm³/mol. The van der Waals surface area contributed by atoms with E-state index in [0.29, 0.717) is 0 Å². The van der Waals surface area contributed by atoms with E-state index in [1.165, 1.54) is 0 Å². The Balaban J connectivity index is -0.000000245. The molecule has 0 aromatic rings. The van der Waals surface area contributed by atoms with Gasteiger partial charge in [0.15, 0.2) is 0 Å². The molecule has 0 unspecified atom stereocenters. The van der Waals surface area contributed by atoms with Crippen LogP contribution in [-0.4, -0.2) is 80.9 Å². The molecule has 0 aliphatic rings. The van der Waals surface area contributed by atoms with Crippen LogP contribution in [-0.2, 0) is 3.84 Å². The SMILES string of the molecule is [KH].[NaH].[O-][Cl+2]([O-])O[Cl+3]([O-])([O-])[O-]. The van der Waals surface area contributed by atoms with Gasteiger partial charge in [0.2, 0.25) is 10.2 Å². The third-order valence-electron chi connectivity index (χ3n) is 0.119. The summed E-state index contributed by atoms with van der Waals surface area (Å²) >= 11 is 0. The van der Waals surface area contributed by atoms with Crippen molar-refractivity contribution in [3.63, 3.8) is 0 Å². The maximum Gasteiger partial charge on any atom is 0.473 e. The Labute approximate surface area is 126 Å². The number of rotatable bonds is 2. The number of hydrogen-bond donors (Lipinski definition) is 0. The van der Waals surface area contributed by atoms with E-state index in [0.717, 1.165) is 0 Å². The smallest absolute Gasteiger partial charge is 0.307 e. The van der Waals surface area contributed by atoms with Crippen LogP contribution >= 0.6 is 0 Å². The van der Waals surface area contributed by atoms with Crippen molar-refractivity contribution in [1.29, 1.82) is 0 Å². The summed E-state index contributed by atoms with van der Waals surface area (Å²) in [5.41, 5.74) is 0. The standard InChI is InChI=1S/Cl2O6.K.Na.2H/c3-1(4)8-2(5,6)7;;;;. The fourth-order valence-electron chi connectivity index (χ4n) is 0.0583. The van der Waals surface area contributed by atoms with Crippen molar-refractivity contribution in [2.45, 2.75) is 0 Å². The molecule has 0 saturated heterocycles. The Morgan fingerprint density at radius 2 is 1.40 bits per heavy atom. The zero-order valence-corrected chi connectivity index (χ0v) is 4.72. The minimum absolute atomic E-state index is 0. The van der Waals surface area contributed by atoms with Gasteiger partial charge in [-0.05, 0) is 0 Å². The van der Waals surface area contributed by atoms with E-state index in [1.807, 2.05) is 0 Å². The van der Waals surface area contributed by atoms with Gasteiger partial charge in [0.05, 0.1) is 0 Å². The van der Waals surface area contributed by atoms with Crippen molar-refractivity contribution in [2.24, 2.45) is 0 Å². The minimum atomic E-state index is -4.85. The topological polar surface area (TPSA) is 125 Å². The third-order valence-corrected chi connectivity index (χ3v) is 1.07. The van der Waals surface area contributed by atoms with E-state index in [2.05, 4.69) is 3.84 Å². The van der Waals surface area contributed by atoms with Crippen molar-refractivity contribution < 1.29 is 48.2 Å². The van der Waals surface area contributed by atoms with Gasteiger partial charge in [-0.1, -0.05) is 0 Å². The van der Waals surface area contributed by atoms with E-state index in [9.17, 15) is 14.0 Å². The first-order chi connectivity index (χ1) is 3.42. The summed E-state index contributed by atoms with van der Waals surface area (Å²) in [5, 5.41) is 0. The van der Waals surface area contributed by atoms with Gasteiger partial charge in [-0.3, -0.25) is 0 Å². The van der Waals surface area contributed by atoms with Crippen molar-refractivity contribution in [1.82, 2.24) is 0 Å². The summed E-state index contributed by atoms with van der Waals surface area (Å²) in [5.74, 6) is 0. The molecule has 0 bridgehead atoms. The molecular weight excluding hydrogens is 229 g/mol. The van der Waals surface area contributed by atoms with Crippen LogP contribution in [0.5, 0.6) is 0 Å². The molecule has 6 nitrogen and oxygen atoms in total. The summed E-state index contributed by atoms with van der Waals surface area (Å²) in [6, 6.07) is 0. The van der Waals surface area contributed by atoms with Gasteiger partial charge in [0.1, 0.15) is 0 Å². The van der Waals surface area contributed by atoms with Crippen LogP contribution in [0, 0.1) is 21.0 Å². The minimum Gasteiger partial charge on any atom is -0.307 e. The molecule has 0 saturated carbocycles. The second kappa shape index (κ2) is 8.57. The second-order valence-electron chi connectivity index (χ2n) is 0.625. The average molecular weight is 231 g/mol. The van der Waals surface area contributed by atoms with Crippen LogP contribution in [0.15, 0.2) is 0 Å². The molecule has 0 N–H and O–H groups in total. The van der Waals surface area contributed by atoms with Crippen LogP contribution in [0.4, 0.5) is 0 Å². The van der Waals surface area contributed by atoms with Crippen molar-refractivity contribution in [2.75, 3.05) is 0 Å². The zero-order chi connectivity index (χ0) is 6.78. The largest absolute Gasteiger partial charge is 0.473 e. The predicted octanol–water partition coefficient (Wildman–Crippen LogP) is -7.31. The summed E-state index contributed by atoms with van der Waals surface area (Å²) in [6.45, 7) is 0. The van der Waals surface area contributed by atoms with Crippen LogP contribution in [0.25, 0.3) is 0 Å². The number of hydrogen-bond acceptors (Lipinski definition) is 6. The molecule has 0 aliphatic heterocycles. The Bertz CT molecular complexity index is 70.6. The molecule has 0 rings (SSSR count). The van der Waals surface area contributed by atoms with E-state index in [1.54, 1.807) is 0 Å². The molecular formula is H2Cl2KNaO6. The van der Waals surface area contributed by atoms with Gasteiger partial charge in [-0.15, -0.1) is 0 Å². The van der Waals surface area contributed by atoms with Gasteiger partial charge < -0.3 is 9.32 Å². The Morgan fingerprint density at radius 1 is 1.10 bits per heavy atom. The molecule has 0 aliphatic carbocycles. The summed E-state index contributed by atoms with van der Waals surface area (Å²) in [6.07, 6.45) is 0. The third kappa shape index (κ3) is 17.2. The molecule has 0 aromatic carbocycles. The van der Waals surface area contributed by atoms with Crippen LogP contribution in [0.3, 0.4) is 0 Å². The molecule has 0 fully saturated rings. The molecule has 0 amide bonds. The van der Waals surface area contributed by atoms with Crippen LogP contribution in [0.1, 0.15) is 0 Å². The first-order valence-electron chi connectivity index (χ1n) is 1.08. The Hall–Kier alpha value is 2.98. The molecule has 0 heterocycles. The van der Waals surface area contributed by atoms with Crippen molar-refractivity contribution >= 4 is 80.9 Å². The first kappa shape index (κ1) is 18.7. The molecule has 0 aromatic heterocycles. The second-order valence-corrected chi connectivity index (χ2v) is 2.23. The van der Waals surface area contributed by atoms with E-state index >= 15 is 0 Å². The number of halogens is 2. The van der Waals surface area contributed by atoms with Gasteiger partial charge in [-0.25, -0.2) is 0 Å². The molecule has 54 valence electrons.